The Bertz CT molecular complexity index is 1200. The zero-order chi connectivity index (χ0) is 26.3. The van der Waals surface area contributed by atoms with Crippen LogP contribution in [0.3, 0.4) is 0 Å². The normalized spacial score (nSPS) is 14.9. The number of hydrogen-bond acceptors (Lipinski definition) is 5. The van der Waals surface area contributed by atoms with Crippen LogP contribution in [0.5, 0.6) is 5.75 Å². The monoisotopic (exact) mass is 498 g/mol. The van der Waals surface area contributed by atoms with Gasteiger partial charge in [0.05, 0.1) is 12.8 Å². The highest BCUT2D eigenvalue weighted by Crippen LogP contribution is 2.29. The molecule has 1 aliphatic rings. The molecule has 0 aromatic heterocycles. The lowest BCUT2D eigenvalue weighted by atomic mass is 9.80. The lowest BCUT2D eigenvalue weighted by molar-refractivity contribution is 0.0954. The van der Waals surface area contributed by atoms with E-state index in [-0.39, 0.29) is 11.3 Å². The summed E-state index contributed by atoms with van der Waals surface area (Å²) in [6.07, 6.45) is 0.764. The number of ether oxygens (including phenoxy) is 1. The van der Waals surface area contributed by atoms with Crippen molar-refractivity contribution in [3.05, 3.63) is 95.6 Å². The molecule has 3 aromatic carbocycles. The van der Waals surface area contributed by atoms with Crippen molar-refractivity contribution in [3.8, 4) is 5.75 Å². The number of para-hydroxylation sites is 2. The molecule has 3 aromatic rings. The summed E-state index contributed by atoms with van der Waals surface area (Å²) in [6.45, 7) is 11.1. The molecule has 6 heteroatoms. The number of nitrogens with one attached hydrogen (secondary N) is 1. The summed E-state index contributed by atoms with van der Waals surface area (Å²) in [5.41, 5.74) is 7.79. The molecule has 1 N–H and O–H groups in total. The first-order valence-corrected chi connectivity index (χ1v) is 12.9. The van der Waals surface area contributed by atoms with Gasteiger partial charge in [0.15, 0.2) is 0 Å². The maximum absolute atomic E-state index is 12.7. The van der Waals surface area contributed by atoms with Gasteiger partial charge in [-0.2, -0.15) is 5.10 Å². The largest absolute Gasteiger partial charge is 0.495 e. The van der Waals surface area contributed by atoms with Crippen molar-refractivity contribution in [2.45, 2.75) is 39.2 Å². The number of carbonyl (C=O) groups is 1. The van der Waals surface area contributed by atoms with Crippen LogP contribution < -0.4 is 15.1 Å². The fourth-order valence-corrected chi connectivity index (χ4v) is 4.94. The van der Waals surface area contributed by atoms with E-state index in [0.717, 1.165) is 56.3 Å². The Morgan fingerprint density at radius 3 is 2.24 bits per heavy atom. The van der Waals surface area contributed by atoms with Crippen molar-refractivity contribution in [1.82, 2.24) is 10.3 Å². The van der Waals surface area contributed by atoms with Gasteiger partial charge in [0.2, 0.25) is 0 Å². The fraction of sp³-hybridized carbons (Fsp3) is 0.355. The summed E-state index contributed by atoms with van der Waals surface area (Å²) in [5.74, 6) is 0.734. The molecule has 4 rings (SSSR count). The van der Waals surface area contributed by atoms with Crippen LogP contribution in [0.15, 0.2) is 84.0 Å². The van der Waals surface area contributed by atoms with E-state index in [1.54, 1.807) is 7.11 Å². The van der Waals surface area contributed by atoms with Crippen LogP contribution in [0.25, 0.3) is 0 Å². The first-order chi connectivity index (χ1) is 17.9. The number of benzene rings is 3. The van der Waals surface area contributed by atoms with Crippen LogP contribution in [0.4, 0.5) is 5.69 Å². The quantitative estimate of drug-likeness (QED) is 0.313. The average Bonchev–Trinajstić information content (AvgIpc) is 2.93. The third-order valence-corrected chi connectivity index (χ3v) is 7.02. The fourth-order valence-electron chi connectivity index (χ4n) is 4.94. The van der Waals surface area contributed by atoms with Gasteiger partial charge in [0.25, 0.3) is 5.91 Å². The number of nitrogens with zero attached hydrogens (tertiary/aromatic N) is 3. The smallest absolute Gasteiger partial charge is 0.271 e. The minimum absolute atomic E-state index is 0.0557. The molecular formula is C31H38N4O2. The van der Waals surface area contributed by atoms with E-state index in [2.05, 4.69) is 70.6 Å². The number of rotatable bonds is 9. The summed E-state index contributed by atoms with van der Waals surface area (Å²) < 4.78 is 5.53. The number of carbonyl (C=O) groups excluding carboxylic acids is 1. The van der Waals surface area contributed by atoms with Gasteiger partial charge >= 0.3 is 0 Å². The van der Waals surface area contributed by atoms with Gasteiger partial charge in [0, 0.05) is 44.0 Å². The second-order valence-corrected chi connectivity index (χ2v) is 10.3. The minimum Gasteiger partial charge on any atom is -0.495 e. The van der Waals surface area contributed by atoms with Gasteiger partial charge in [-0.1, -0.05) is 68.4 Å². The molecule has 0 saturated carbocycles. The Kier molecular flexibility index (Phi) is 8.62. The number of methoxy groups -OCH3 is 1. The van der Waals surface area contributed by atoms with Crippen molar-refractivity contribution < 1.29 is 9.53 Å². The van der Waals surface area contributed by atoms with Crippen molar-refractivity contribution >= 4 is 17.3 Å². The lowest BCUT2D eigenvalue weighted by Crippen LogP contribution is -2.46. The first kappa shape index (κ1) is 26.4. The van der Waals surface area contributed by atoms with Gasteiger partial charge in [-0.15, -0.1) is 0 Å². The van der Waals surface area contributed by atoms with E-state index in [1.807, 2.05) is 49.4 Å². The number of amides is 1. The Hall–Kier alpha value is -3.64. The first-order valence-electron chi connectivity index (χ1n) is 12.9. The number of hydrogen-bond donors (Lipinski definition) is 1. The SMILES string of the molecule is COc1ccccc1N1CCN(Cc2ccc(C(=O)N/N=C(/C)CC(C)(C)c3ccccc3)cc2)CC1. The zero-order valence-corrected chi connectivity index (χ0v) is 22.4. The van der Waals surface area contributed by atoms with Crippen LogP contribution in [-0.2, 0) is 12.0 Å². The predicted octanol–water partition coefficient (Wildman–Crippen LogP) is 5.49. The van der Waals surface area contributed by atoms with Gasteiger partial charge in [-0.25, -0.2) is 5.43 Å². The maximum atomic E-state index is 12.7. The van der Waals surface area contributed by atoms with E-state index in [9.17, 15) is 4.79 Å². The summed E-state index contributed by atoms with van der Waals surface area (Å²) in [7, 11) is 1.72. The Labute approximate surface area is 220 Å². The molecule has 1 saturated heterocycles. The van der Waals surface area contributed by atoms with E-state index >= 15 is 0 Å². The zero-order valence-electron chi connectivity index (χ0n) is 22.4. The molecule has 194 valence electrons. The molecule has 0 bridgehead atoms. The predicted molar refractivity (Wildman–Crippen MR) is 152 cm³/mol. The molecule has 37 heavy (non-hydrogen) atoms. The van der Waals surface area contributed by atoms with Gasteiger partial charge in [-0.3, -0.25) is 9.69 Å². The van der Waals surface area contributed by atoms with Gasteiger partial charge < -0.3 is 9.64 Å². The molecule has 1 aliphatic heterocycles. The number of anilines is 1. The maximum Gasteiger partial charge on any atom is 0.271 e. The van der Waals surface area contributed by atoms with Gasteiger partial charge in [-0.05, 0) is 54.2 Å². The highest BCUT2D eigenvalue weighted by atomic mass is 16.5. The average molecular weight is 499 g/mol. The number of hydrazone groups is 1. The second kappa shape index (κ2) is 12.1. The van der Waals surface area contributed by atoms with Crippen molar-refractivity contribution in [3.63, 3.8) is 0 Å². The minimum atomic E-state index is -0.186. The molecular weight excluding hydrogens is 460 g/mol. The van der Waals surface area contributed by atoms with Crippen molar-refractivity contribution in [1.29, 1.82) is 0 Å². The van der Waals surface area contributed by atoms with Crippen molar-refractivity contribution in [2.75, 3.05) is 38.2 Å². The Morgan fingerprint density at radius 2 is 1.57 bits per heavy atom. The third-order valence-electron chi connectivity index (χ3n) is 7.02. The van der Waals surface area contributed by atoms with Crippen molar-refractivity contribution in [2.24, 2.45) is 5.10 Å². The Morgan fingerprint density at radius 1 is 0.919 bits per heavy atom. The van der Waals surface area contributed by atoms with E-state index < -0.39 is 0 Å². The lowest BCUT2D eigenvalue weighted by Gasteiger charge is -2.36. The highest BCUT2D eigenvalue weighted by Gasteiger charge is 2.22. The molecule has 0 spiro atoms. The third kappa shape index (κ3) is 6.98. The van der Waals surface area contributed by atoms with Crippen LogP contribution in [-0.4, -0.2) is 49.8 Å². The molecule has 1 heterocycles. The van der Waals surface area contributed by atoms with Crippen LogP contribution >= 0.6 is 0 Å². The molecule has 6 nitrogen and oxygen atoms in total. The molecule has 1 fully saturated rings. The van der Waals surface area contributed by atoms with Gasteiger partial charge in [0.1, 0.15) is 5.75 Å². The van der Waals surface area contributed by atoms with Crippen LogP contribution in [0.1, 0.15) is 48.7 Å². The second-order valence-electron chi connectivity index (χ2n) is 10.3. The molecule has 0 aliphatic carbocycles. The molecule has 0 atom stereocenters. The standard InChI is InChI=1S/C31H38N4O2/c1-24(22-31(2,3)27-10-6-5-7-11-27)32-33-30(36)26-16-14-25(15-17-26)23-34-18-20-35(21-19-34)28-12-8-9-13-29(28)37-4/h5-17H,18-23H2,1-4H3,(H,33,36)/b32-24-. The summed E-state index contributed by atoms with van der Waals surface area (Å²) in [5, 5.41) is 4.37. The molecule has 1 amide bonds. The van der Waals surface area contributed by atoms with Crippen LogP contribution in [0, 0.1) is 0 Å². The number of piperazine rings is 1. The topological polar surface area (TPSA) is 57.2 Å². The Balaban J connectivity index is 1.26. The van der Waals surface area contributed by atoms with E-state index in [1.165, 1.54) is 11.1 Å². The summed E-state index contributed by atoms with van der Waals surface area (Å²) in [6, 6.07) is 26.4. The van der Waals surface area contributed by atoms with E-state index in [4.69, 9.17) is 4.74 Å². The summed E-state index contributed by atoms with van der Waals surface area (Å²) in [4.78, 5) is 17.5. The summed E-state index contributed by atoms with van der Waals surface area (Å²) >= 11 is 0. The highest BCUT2D eigenvalue weighted by molar-refractivity contribution is 5.95. The van der Waals surface area contributed by atoms with Crippen LogP contribution in [0.2, 0.25) is 0 Å². The molecule has 0 radical (unpaired) electrons. The molecule has 0 unspecified atom stereocenters. The van der Waals surface area contributed by atoms with E-state index in [0.29, 0.717) is 5.56 Å².